The Morgan fingerprint density at radius 3 is 2.20 bits per heavy atom. The van der Waals surface area contributed by atoms with Crippen LogP contribution in [-0.2, 0) is 14.4 Å². The summed E-state index contributed by atoms with van der Waals surface area (Å²) in [6.45, 7) is 1.45. The van der Waals surface area contributed by atoms with Gasteiger partial charge in [0.05, 0.1) is 21.0 Å². The number of Topliss-reactive ketones (excluding diaryl/α,β-unsaturated/α-hetero) is 1. The van der Waals surface area contributed by atoms with Crippen LogP contribution in [0.5, 0.6) is 0 Å². The minimum atomic E-state index is -0.629. The maximum Gasteiger partial charge on any atom is 0.272 e. The van der Waals surface area contributed by atoms with Crippen LogP contribution in [0.25, 0.3) is 6.08 Å². The van der Waals surface area contributed by atoms with Gasteiger partial charge in [-0.1, -0.05) is 53.5 Å². The Morgan fingerprint density at radius 2 is 1.53 bits per heavy atom. The summed E-state index contributed by atoms with van der Waals surface area (Å²) in [7, 11) is 0. The number of nitrogens with one attached hydrogen (secondary N) is 2. The van der Waals surface area contributed by atoms with Crippen LogP contribution in [-0.4, -0.2) is 34.7 Å². The van der Waals surface area contributed by atoms with Crippen molar-refractivity contribution in [1.29, 1.82) is 0 Å². The van der Waals surface area contributed by atoms with Gasteiger partial charge in [-0.25, -0.2) is 4.90 Å². The first-order valence-corrected chi connectivity index (χ1v) is 15.3. The molecule has 1 unspecified atom stereocenters. The van der Waals surface area contributed by atoms with E-state index in [4.69, 9.17) is 23.2 Å². The summed E-state index contributed by atoms with van der Waals surface area (Å²) in [5.74, 6) is -1.86. The van der Waals surface area contributed by atoms with Crippen LogP contribution in [0.4, 0.5) is 11.4 Å². The maximum atomic E-state index is 13.4. The molecular weight excluding hydrogens is 633 g/mol. The van der Waals surface area contributed by atoms with Crippen molar-refractivity contribution in [3.8, 4) is 0 Å². The molecule has 1 aliphatic rings. The molecule has 1 heterocycles. The van der Waals surface area contributed by atoms with Gasteiger partial charge in [0, 0.05) is 28.1 Å². The third kappa shape index (κ3) is 7.51. The third-order valence-electron chi connectivity index (χ3n) is 6.84. The number of carbonyl (C=O) groups is 5. The lowest BCUT2D eigenvalue weighted by Gasteiger charge is -2.15. The molecule has 226 valence electrons. The highest BCUT2D eigenvalue weighted by molar-refractivity contribution is 8.00. The molecule has 4 aromatic carbocycles. The molecular formula is C34H25Cl2N3O5S. The van der Waals surface area contributed by atoms with E-state index < -0.39 is 17.1 Å². The fraction of sp³-hybridized carbons (Fsp3) is 0.0882. The molecule has 8 nitrogen and oxygen atoms in total. The summed E-state index contributed by atoms with van der Waals surface area (Å²) >= 11 is 13.7. The highest BCUT2D eigenvalue weighted by Gasteiger charge is 2.40. The molecule has 0 radical (unpaired) electrons. The van der Waals surface area contributed by atoms with Gasteiger partial charge < -0.3 is 10.6 Å². The standard InChI is InChI=1S/C34H25Cl2N3O5S/c1-20(40)21-10-14-25(15-11-21)39-30(41)19-29(34(39)44)45-26-16-12-24(13-17-26)37-33(43)28(18-23-8-5-9-27(35)31(23)36)38-32(42)22-6-3-2-4-7-22/h2-18,29H,19H2,1H3,(H,37,43)(H,38,42)/b28-18-. The summed E-state index contributed by atoms with van der Waals surface area (Å²) in [6, 6.07) is 26.5. The largest absolute Gasteiger partial charge is 0.321 e. The lowest BCUT2D eigenvalue weighted by atomic mass is 10.1. The molecule has 4 aromatic rings. The highest BCUT2D eigenvalue weighted by atomic mass is 35.5. The average molecular weight is 659 g/mol. The number of carbonyl (C=O) groups excluding carboxylic acids is 5. The van der Waals surface area contributed by atoms with Gasteiger partial charge in [0.15, 0.2) is 5.78 Å². The molecule has 2 N–H and O–H groups in total. The highest BCUT2D eigenvalue weighted by Crippen LogP contribution is 2.34. The van der Waals surface area contributed by atoms with Crippen molar-refractivity contribution < 1.29 is 24.0 Å². The van der Waals surface area contributed by atoms with Gasteiger partial charge in [-0.2, -0.15) is 0 Å². The molecule has 0 aromatic heterocycles. The van der Waals surface area contributed by atoms with Crippen molar-refractivity contribution in [3.05, 3.63) is 129 Å². The topological polar surface area (TPSA) is 113 Å². The van der Waals surface area contributed by atoms with E-state index in [0.29, 0.717) is 38.0 Å². The van der Waals surface area contributed by atoms with Crippen molar-refractivity contribution in [1.82, 2.24) is 5.32 Å². The van der Waals surface area contributed by atoms with Gasteiger partial charge in [0.25, 0.3) is 11.8 Å². The first-order valence-electron chi connectivity index (χ1n) is 13.7. The number of hydrogen-bond donors (Lipinski definition) is 2. The van der Waals surface area contributed by atoms with Crippen LogP contribution < -0.4 is 15.5 Å². The lowest BCUT2D eigenvalue weighted by Crippen LogP contribution is -2.31. The minimum absolute atomic E-state index is 0.0256. The number of anilines is 2. The van der Waals surface area contributed by atoms with Gasteiger partial charge in [-0.05, 0) is 85.3 Å². The van der Waals surface area contributed by atoms with Crippen molar-refractivity contribution in [2.45, 2.75) is 23.5 Å². The van der Waals surface area contributed by atoms with Crippen molar-refractivity contribution in [3.63, 3.8) is 0 Å². The van der Waals surface area contributed by atoms with Crippen molar-refractivity contribution in [2.24, 2.45) is 0 Å². The van der Waals surface area contributed by atoms with E-state index in [2.05, 4.69) is 10.6 Å². The third-order valence-corrected chi connectivity index (χ3v) is 8.87. The predicted octanol–water partition coefficient (Wildman–Crippen LogP) is 7.03. The Labute approximate surface area is 273 Å². The Balaban J connectivity index is 1.29. The zero-order valence-electron chi connectivity index (χ0n) is 23.8. The number of halogens is 2. The number of benzene rings is 4. The van der Waals surface area contributed by atoms with Crippen LogP contribution in [0, 0.1) is 0 Å². The molecule has 5 rings (SSSR count). The van der Waals surface area contributed by atoms with Crippen LogP contribution in [0.2, 0.25) is 10.0 Å². The van der Waals surface area contributed by atoms with Crippen LogP contribution in [0.1, 0.15) is 39.6 Å². The molecule has 45 heavy (non-hydrogen) atoms. The number of hydrogen-bond acceptors (Lipinski definition) is 6. The molecule has 0 aliphatic carbocycles. The van der Waals surface area contributed by atoms with Crippen molar-refractivity contribution in [2.75, 3.05) is 10.2 Å². The predicted molar refractivity (Wildman–Crippen MR) is 177 cm³/mol. The van der Waals surface area contributed by atoms with Gasteiger partial charge in [-0.3, -0.25) is 24.0 Å². The molecule has 0 bridgehead atoms. The number of amides is 4. The summed E-state index contributed by atoms with van der Waals surface area (Å²) in [5.41, 5.74) is 2.08. The molecule has 0 spiro atoms. The average Bonchev–Trinajstić information content (AvgIpc) is 3.31. The fourth-order valence-electron chi connectivity index (χ4n) is 4.52. The van der Waals surface area contributed by atoms with E-state index >= 15 is 0 Å². The van der Waals surface area contributed by atoms with Crippen LogP contribution in [0.3, 0.4) is 0 Å². The molecule has 1 atom stereocenters. The van der Waals surface area contributed by atoms with E-state index in [9.17, 15) is 24.0 Å². The molecule has 1 fully saturated rings. The van der Waals surface area contributed by atoms with Crippen LogP contribution >= 0.6 is 35.0 Å². The Hall–Kier alpha value is -4.70. The zero-order chi connectivity index (χ0) is 32.1. The molecule has 0 saturated carbocycles. The summed E-state index contributed by atoms with van der Waals surface area (Å²) < 4.78 is 0. The van der Waals surface area contributed by atoms with Gasteiger partial charge >= 0.3 is 0 Å². The SMILES string of the molecule is CC(=O)c1ccc(N2C(=O)CC(Sc3ccc(NC(=O)/C(=C/c4cccc(Cl)c4Cl)NC(=O)c4ccccc4)cc3)C2=O)cc1. The Kier molecular flexibility index (Phi) is 9.83. The van der Waals surface area contributed by atoms with Crippen LogP contribution in [0.15, 0.2) is 108 Å². The lowest BCUT2D eigenvalue weighted by molar-refractivity contribution is -0.121. The second kappa shape index (κ2) is 13.9. The zero-order valence-corrected chi connectivity index (χ0v) is 26.1. The molecule has 4 amide bonds. The number of ketones is 1. The monoisotopic (exact) mass is 657 g/mol. The number of imide groups is 1. The van der Waals surface area contributed by atoms with E-state index in [-0.39, 0.29) is 34.7 Å². The first kappa shape index (κ1) is 31.7. The number of rotatable bonds is 9. The quantitative estimate of drug-likeness (QED) is 0.114. The number of nitrogens with zero attached hydrogens (tertiary/aromatic N) is 1. The van der Waals surface area contributed by atoms with Crippen molar-refractivity contribution >= 4 is 81.8 Å². The van der Waals surface area contributed by atoms with E-state index in [1.54, 1.807) is 97.1 Å². The molecule has 1 aliphatic heterocycles. The van der Waals surface area contributed by atoms with Gasteiger partial charge in [0.1, 0.15) is 5.70 Å². The smallest absolute Gasteiger partial charge is 0.272 e. The minimum Gasteiger partial charge on any atom is -0.321 e. The summed E-state index contributed by atoms with van der Waals surface area (Å²) in [5, 5.41) is 5.32. The number of thioether (sulfide) groups is 1. The van der Waals surface area contributed by atoms with Gasteiger partial charge in [-0.15, -0.1) is 11.8 Å². The second-order valence-electron chi connectivity index (χ2n) is 9.98. The Bertz CT molecular complexity index is 1830. The molecule has 1 saturated heterocycles. The second-order valence-corrected chi connectivity index (χ2v) is 12.0. The summed E-state index contributed by atoms with van der Waals surface area (Å²) in [4.78, 5) is 65.5. The molecule has 11 heteroatoms. The normalized spacial score (nSPS) is 14.8. The van der Waals surface area contributed by atoms with E-state index in [1.807, 2.05) is 0 Å². The first-order chi connectivity index (χ1) is 21.6. The van der Waals surface area contributed by atoms with Gasteiger partial charge in [0.2, 0.25) is 11.8 Å². The maximum absolute atomic E-state index is 13.4. The Morgan fingerprint density at radius 1 is 0.844 bits per heavy atom. The fourth-order valence-corrected chi connectivity index (χ4v) is 5.94. The van der Waals surface area contributed by atoms with E-state index in [1.165, 1.54) is 24.8 Å². The van der Waals surface area contributed by atoms with E-state index in [0.717, 1.165) is 4.90 Å². The summed E-state index contributed by atoms with van der Waals surface area (Å²) in [6.07, 6.45) is 1.47.